The van der Waals surface area contributed by atoms with Crippen LogP contribution in [0.25, 0.3) is 32.9 Å². The molecule has 2 bridgehead atoms. The summed E-state index contributed by atoms with van der Waals surface area (Å²) in [6.07, 6.45) is 0.819. The van der Waals surface area contributed by atoms with E-state index in [-0.39, 0.29) is 36.8 Å². The molecule has 4 saturated heterocycles. The molecule has 4 aliphatic rings. The highest BCUT2D eigenvalue weighted by molar-refractivity contribution is 6.36. The fourth-order valence-electron chi connectivity index (χ4n) is 7.92. The van der Waals surface area contributed by atoms with Gasteiger partial charge in [0.25, 0.3) is 0 Å². The SMILES string of the molecule is Fc1c(-c2cccc3cccc(Cl)c23)ncc2c(N3CC4CCC(C3)N4)nc(OCC34CCCN3CC(C(F)(F)F)C4)nc12. The average Bonchev–Trinajstić information content (AvgIpc) is 3.67. The summed E-state index contributed by atoms with van der Waals surface area (Å²) in [5, 5.41) is 6.09. The lowest BCUT2D eigenvalue weighted by molar-refractivity contribution is -0.171. The highest BCUT2D eigenvalue weighted by Gasteiger charge is 2.56. The molecule has 2 aromatic heterocycles. The molecule has 0 radical (unpaired) electrons. The predicted octanol–water partition coefficient (Wildman–Crippen LogP) is 6.37. The molecule has 2 aromatic carbocycles. The molecular formula is C32H31ClF4N6O. The Kier molecular flexibility index (Phi) is 6.66. The van der Waals surface area contributed by atoms with Crippen molar-refractivity contribution in [2.24, 2.45) is 5.92 Å². The van der Waals surface area contributed by atoms with Gasteiger partial charge in [0.05, 0.1) is 16.8 Å². The van der Waals surface area contributed by atoms with Crippen LogP contribution in [0.1, 0.15) is 32.1 Å². The van der Waals surface area contributed by atoms with Crippen molar-refractivity contribution in [3.05, 3.63) is 53.4 Å². The third-order valence-electron chi connectivity index (χ3n) is 10.0. The van der Waals surface area contributed by atoms with Crippen molar-refractivity contribution in [2.45, 2.75) is 55.9 Å². The third kappa shape index (κ3) is 4.66. The summed E-state index contributed by atoms with van der Waals surface area (Å²) in [5.41, 5.74) is -0.0316. The minimum atomic E-state index is -4.26. The number of fused-ring (bicyclic) bond motifs is 5. The Hall–Kier alpha value is -3.28. The van der Waals surface area contributed by atoms with Crippen LogP contribution in [0.2, 0.25) is 5.02 Å². The van der Waals surface area contributed by atoms with E-state index in [2.05, 4.69) is 20.2 Å². The number of nitrogens with zero attached hydrogens (tertiary/aromatic N) is 5. The van der Waals surface area contributed by atoms with Crippen molar-refractivity contribution >= 4 is 39.1 Å². The number of anilines is 1. The van der Waals surface area contributed by atoms with E-state index in [1.54, 1.807) is 18.3 Å². The lowest BCUT2D eigenvalue weighted by atomic mass is 9.90. The number of piperazine rings is 1. The molecular weight excluding hydrogens is 596 g/mol. The normalized spacial score (nSPS) is 27.0. The van der Waals surface area contributed by atoms with Gasteiger partial charge in [0.1, 0.15) is 23.6 Å². The van der Waals surface area contributed by atoms with Gasteiger partial charge in [-0.2, -0.15) is 23.1 Å². The maximum atomic E-state index is 16.6. The van der Waals surface area contributed by atoms with Gasteiger partial charge in [-0.3, -0.25) is 9.88 Å². The van der Waals surface area contributed by atoms with E-state index in [1.807, 2.05) is 29.2 Å². The van der Waals surface area contributed by atoms with Gasteiger partial charge in [0.2, 0.25) is 0 Å². The van der Waals surface area contributed by atoms with Crippen LogP contribution < -0.4 is 15.0 Å². The van der Waals surface area contributed by atoms with Gasteiger partial charge < -0.3 is 15.0 Å². The summed E-state index contributed by atoms with van der Waals surface area (Å²) in [6.45, 7) is 1.96. The van der Waals surface area contributed by atoms with Crippen molar-refractivity contribution < 1.29 is 22.3 Å². The Bertz CT molecular complexity index is 1750. The van der Waals surface area contributed by atoms with Crippen molar-refractivity contribution in [1.82, 2.24) is 25.2 Å². The Labute approximate surface area is 256 Å². The summed E-state index contributed by atoms with van der Waals surface area (Å²) in [4.78, 5) is 17.9. The number of rotatable bonds is 5. The average molecular weight is 627 g/mol. The monoisotopic (exact) mass is 626 g/mol. The maximum Gasteiger partial charge on any atom is 0.393 e. The number of hydrogen-bond acceptors (Lipinski definition) is 7. The molecule has 0 amide bonds. The summed E-state index contributed by atoms with van der Waals surface area (Å²) in [6, 6.07) is 11.6. The van der Waals surface area contributed by atoms with Crippen LogP contribution in [0.5, 0.6) is 6.01 Å². The Morgan fingerprint density at radius 3 is 2.59 bits per heavy atom. The molecule has 0 spiro atoms. The van der Waals surface area contributed by atoms with Crippen LogP contribution in [-0.2, 0) is 0 Å². The zero-order valence-electron chi connectivity index (χ0n) is 23.9. The smallest absolute Gasteiger partial charge is 0.393 e. The summed E-state index contributed by atoms with van der Waals surface area (Å²) in [7, 11) is 0. The molecule has 44 heavy (non-hydrogen) atoms. The van der Waals surface area contributed by atoms with E-state index in [4.69, 9.17) is 21.3 Å². The van der Waals surface area contributed by atoms with E-state index >= 15 is 4.39 Å². The van der Waals surface area contributed by atoms with Gasteiger partial charge in [0, 0.05) is 53.9 Å². The van der Waals surface area contributed by atoms with E-state index in [1.165, 1.54) is 0 Å². The standard InChI is InChI=1S/C32H31ClF4N6O/c33-24-7-2-5-18-4-1-6-22(25(18)24)27-26(34)28-23(13-38-27)29(42-15-20-8-9-21(16-42)39-20)41-30(40-28)44-17-31-10-3-11-43(31)14-19(12-31)32(35,36)37/h1-2,4-7,13,19-21,39H,3,8-12,14-17H2. The fraction of sp³-hybridized carbons (Fsp3) is 0.469. The molecule has 4 aliphatic heterocycles. The molecule has 230 valence electrons. The van der Waals surface area contributed by atoms with Crippen LogP contribution in [0.4, 0.5) is 23.4 Å². The summed E-state index contributed by atoms with van der Waals surface area (Å²) >= 11 is 6.57. The predicted molar refractivity (Wildman–Crippen MR) is 161 cm³/mol. The number of benzene rings is 2. The molecule has 6 heterocycles. The first kappa shape index (κ1) is 28.2. The number of nitrogens with one attached hydrogen (secondary N) is 1. The molecule has 4 fully saturated rings. The van der Waals surface area contributed by atoms with E-state index in [0.717, 1.165) is 24.6 Å². The van der Waals surface area contributed by atoms with Gasteiger partial charge in [-0.25, -0.2) is 4.39 Å². The van der Waals surface area contributed by atoms with Crippen LogP contribution in [-0.4, -0.2) is 76.4 Å². The molecule has 12 heteroatoms. The van der Waals surface area contributed by atoms with Crippen LogP contribution >= 0.6 is 11.6 Å². The molecule has 4 aromatic rings. The minimum absolute atomic E-state index is 0.00974. The Balaban J connectivity index is 1.22. The number of hydrogen-bond donors (Lipinski definition) is 1. The van der Waals surface area contributed by atoms with Gasteiger partial charge >= 0.3 is 12.2 Å². The Morgan fingerprint density at radius 1 is 1.05 bits per heavy atom. The van der Waals surface area contributed by atoms with E-state index < -0.39 is 23.5 Å². The second-order valence-corrected chi connectivity index (χ2v) is 13.1. The largest absolute Gasteiger partial charge is 0.461 e. The Morgan fingerprint density at radius 2 is 1.82 bits per heavy atom. The molecule has 7 nitrogen and oxygen atoms in total. The van der Waals surface area contributed by atoms with Crippen LogP contribution in [0, 0.1) is 11.7 Å². The second-order valence-electron chi connectivity index (χ2n) is 12.7. The second kappa shape index (κ2) is 10.4. The molecule has 4 unspecified atom stereocenters. The number of alkyl halides is 3. The third-order valence-corrected chi connectivity index (χ3v) is 10.3. The highest BCUT2D eigenvalue weighted by Crippen LogP contribution is 2.47. The van der Waals surface area contributed by atoms with Crippen molar-refractivity contribution in [3.8, 4) is 17.3 Å². The van der Waals surface area contributed by atoms with Gasteiger partial charge in [-0.05, 0) is 50.1 Å². The highest BCUT2D eigenvalue weighted by atomic mass is 35.5. The molecule has 1 N–H and O–H groups in total. The first-order valence-electron chi connectivity index (χ1n) is 15.2. The van der Waals surface area contributed by atoms with Gasteiger partial charge in [-0.15, -0.1) is 0 Å². The van der Waals surface area contributed by atoms with Crippen LogP contribution in [0.15, 0.2) is 42.6 Å². The quantitative estimate of drug-likeness (QED) is 0.258. The molecule has 8 rings (SSSR count). The maximum absolute atomic E-state index is 16.6. The number of aromatic nitrogens is 3. The molecule has 0 aliphatic carbocycles. The molecule has 4 atom stereocenters. The first-order chi connectivity index (χ1) is 21.2. The molecule has 0 saturated carbocycles. The first-order valence-corrected chi connectivity index (χ1v) is 15.6. The van der Waals surface area contributed by atoms with Gasteiger partial charge in [-0.1, -0.05) is 41.9 Å². The summed E-state index contributed by atoms with van der Waals surface area (Å²) in [5.74, 6) is -1.49. The van der Waals surface area contributed by atoms with Crippen molar-refractivity contribution in [3.63, 3.8) is 0 Å². The van der Waals surface area contributed by atoms with Crippen molar-refractivity contribution in [1.29, 1.82) is 0 Å². The zero-order chi connectivity index (χ0) is 30.2. The minimum Gasteiger partial charge on any atom is -0.461 e. The topological polar surface area (TPSA) is 66.4 Å². The number of pyridine rings is 1. The van der Waals surface area contributed by atoms with Crippen LogP contribution in [0.3, 0.4) is 0 Å². The number of halogens is 5. The number of ether oxygens (including phenoxy) is 1. The lowest BCUT2D eigenvalue weighted by Gasteiger charge is -2.34. The van der Waals surface area contributed by atoms with E-state index in [9.17, 15) is 13.2 Å². The van der Waals surface area contributed by atoms with Crippen molar-refractivity contribution in [2.75, 3.05) is 37.7 Å². The fourth-order valence-corrected chi connectivity index (χ4v) is 8.20. The summed E-state index contributed by atoms with van der Waals surface area (Å²) < 4.78 is 63.9. The van der Waals surface area contributed by atoms with E-state index in [0.29, 0.717) is 65.3 Å². The lowest BCUT2D eigenvalue weighted by Crippen LogP contribution is -2.51. The van der Waals surface area contributed by atoms with Gasteiger partial charge in [0.15, 0.2) is 5.82 Å². The zero-order valence-corrected chi connectivity index (χ0v) is 24.6.